The van der Waals surface area contributed by atoms with E-state index in [1.807, 2.05) is 56.3 Å². The molecule has 1 aliphatic heterocycles. The Labute approximate surface area is 302 Å². The van der Waals surface area contributed by atoms with Crippen LogP contribution in [0.3, 0.4) is 0 Å². The van der Waals surface area contributed by atoms with Gasteiger partial charge in [-0.25, -0.2) is 9.59 Å². The number of carbonyl (C=O) groups is 3. The van der Waals surface area contributed by atoms with Crippen molar-refractivity contribution in [2.75, 3.05) is 44.0 Å². The van der Waals surface area contributed by atoms with Crippen LogP contribution in [0.4, 0.5) is 21.0 Å². The van der Waals surface area contributed by atoms with E-state index < -0.39 is 12.1 Å². The third-order valence-electron chi connectivity index (χ3n) is 10.1. The third-order valence-corrected chi connectivity index (χ3v) is 10.1. The number of aliphatic hydroxyl groups excluding tert-OH is 1. The molecule has 11 heteroatoms. The van der Waals surface area contributed by atoms with Crippen molar-refractivity contribution in [3.05, 3.63) is 66.2 Å². The maximum absolute atomic E-state index is 14.5. The minimum atomic E-state index is -0.516. The van der Waals surface area contributed by atoms with E-state index >= 15 is 0 Å². The summed E-state index contributed by atoms with van der Waals surface area (Å²) in [6.07, 6.45) is 7.41. The summed E-state index contributed by atoms with van der Waals surface area (Å²) >= 11 is 0. The molecule has 276 valence electrons. The fourth-order valence-electron chi connectivity index (χ4n) is 6.97. The molecule has 0 unspecified atom stereocenters. The minimum Gasteiger partial charge on any atom is -0.490 e. The Morgan fingerprint density at radius 2 is 1.71 bits per heavy atom. The van der Waals surface area contributed by atoms with E-state index in [1.54, 1.807) is 42.0 Å². The van der Waals surface area contributed by atoms with E-state index in [-0.39, 0.29) is 54.8 Å². The molecule has 5 rings (SSSR count). The number of hydrogen-bond acceptors (Lipinski definition) is 6. The molecule has 4 N–H and O–H groups in total. The highest BCUT2D eigenvalue weighted by atomic mass is 16.5. The lowest BCUT2D eigenvalue weighted by Gasteiger charge is -2.36. The van der Waals surface area contributed by atoms with E-state index in [2.05, 4.69) is 16.0 Å². The van der Waals surface area contributed by atoms with Crippen LogP contribution in [0.5, 0.6) is 5.75 Å². The van der Waals surface area contributed by atoms with Gasteiger partial charge in [0.25, 0.3) is 5.91 Å². The van der Waals surface area contributed by atoms with Gasteiger partial charge in [0.2, 0.25) is 0 Å². The van der Waals surface area contributed by atoms with E-state index in [4.69, 9.17) is 9.47 Å². The Morgan fingerprint density at radius 3 is 2.49 bits per heavy atom. The topological polar surface area (TPSA) is 132 Å². The Hall–Kier alpha value is -4.35. The van der Waals surface area contributed by atoms with Crippen LogP contribution >= 0.6 is 0 Å². The van der Waals surface area contributed by atoms with Gasteiger partial charge >= 0.3 is 12.1 Å². The first kappa shape index (κ1) is 37.9. The molecule has 0 saturated heterocycles. The fraction of sp³-hybridized carbons (Fsp3) is 0.525. The van der Waals surface area contributed by atoms with Gasteiger partial charge in [-0.15, -0.1) is 0 Å². The van der Waals surface area contributed by atoms with E-state index in [1.165, 1.54) is 6.42 Å². The Kier molecular flexibility index (Phi) is 13.5. The normalized spacial score (nSPS) is 21.5. The lowest BCUT2D eigenvalue weighted by atomic mass is 9.96. The first-order valence-electron chi connectivity index (χ1n) is 18.5. The van der Waals surface area contributed by atoms with Crippen molar-refractivity contribution in [1.82, 2.24) is 15.1 Å². The predicted octanol–water partition coefficient (Wildman–Crippen LogP) is 7.25. The molecule has 0 spiro atoms. The summed E-state index contributed by atoms with van der Waals surface area (Å²) in [7, 11) is 1.79. The van der Waals surface area contributed by atoms with Gasteiger partial charge in [0.15, 0.2) is 0 Å². The summed E-state index contributed by atoms with van der Waals surface area (Å²) in [5.74, 6) is -0.0888. The van der Waals surface area contributed by atoms with Crippen LogP contribution in [0.25, 0.3) is 10.8 Å². The molecule has 1 saturated carbocycles. The second-order valence-electron chi connectivity index (χ2n) is 14.3. The maximum atomic E-state index is 14.5. The van der Waals surface area contributed by atoms with E-state index in [9.17, 15) is 19.5 Å². The zero-order valence-electron chi connectivity index (χ0n) is 30.5. The van der Waals surface area contributed by atoms with Gasteiger partial charge in [-0.05, 0) is 75.6 Å². The highest BCUT2D eigenvalue weighted by Crippen LogP contribution is 2.29. The first-order valence-corrected chi connectivity index (χ1v) is 18.5. The minimum absolute atomic E-state index is 0.113. The van der Waals surface area contributed by atoms with Crippen LogP contribution in [0.1, 0.15) is 82.5 Å². The number of hydrogen-bond donors (Lipinski definition) is 4. The summed E-state index contributed by atoms with van der Waals surface area (Å²) in [4.78, 5) is 44.2. The zero-order chi connectivity index (χ0) is 36.3. The average Bonchev–Trinajstić information content (AvgIpc) is 3.13. The van der Waals surface area contributed by atoms with Crippen molar-refractivity contribution in [3.63, 3.8) is 0 Å². The van der Waals surface area contributed by atoms with Gasteiger partial charge in [-0.1, -0.05) is 62.6 Å². The average molecular weight is 702 g/mol. The Balaban J connectivity index is 1.36. The highest BCUT2D eigenvalue weighted by molar-refractivity contribution is 6.07. The first-order chi connectivity index (χ1) is 24.6. The largest absolute Gasteiger partial charge is 0.490 e. The summed E-state index contributed by atoms with van der Waals surface area (Å²) in [6, 6.07) is 17.7. The molecule has 1 heterocycles. The molecule has 1 fully saturated rings. The fourth-order valence-corrected chi connectivity index (χ4v) is 6.97. The Morgan fingerprint density at radius 1 is 0.961 bits per heavy atom. The van der Waals surface area contributed by atoms with Gasteiger partial charge < -0.3 is 40.3 Å². The van der Waals surface area contributed by atoms with Gasteiger partial charge in [0, 0.05) is 49.8 Å². The molecule has 1 aliphatic carbocycles. The lowest BCUT2D eigenvalue weighted by Crippen LogP contribution is -2.50. The number of nitrogens with one attached hydrogen (secondary N) is 3. The summed E-state index contributed by atoms with van der Waals surface area (Å²) in [5, 5.41) is 21.2. The number of aliphatic hydroxyl groups is 1. The summed E-state index contributed by atoms with van der Waals surface area (Å²) in [6.45, 7) is 6.72. The van der Waals surface area contributed by atoms with Gasteiger partial charge in [0.1, 0.15) is 5.75 Å². The SMILES string of the molecule is C[C@H](CO)N1C[C@H](C)[C@H](CN(C)C(=O)NC2CCCCC2)OCCCC[C@H](C)Oc2ccc(NC(=O)Nc3cccc4ccccc34)cc2C1=O. The number of anilines is 2. The number of nitrogens with zero attached hydrogens (tertiary/aromatic N) is 2. The second kappa shape index (κ2) is 18.2. The van der Waals surface area contributed by atoms with Crippen molar-refractivity contribution in [3.8, 4) is 5.75 Å². The van der Waals surface area contributed by atoms with Gasteiger partial charge in [-0.3, -0.25) is 4.79 Å². The Bertz CT molecular complexity index is 1620. The van der Waals surface area contributed by atoms with Gasteiger partial charge in [0.05, 0.1) is 36.1 Å². The maximum Gasteiger partial charge on any atom is 0.323 e. The monoisotopic (exact) mass is 701 g/mol. The molecular formula is C40H55N5O6. The molecule has 51 heavy (non-hydrogen) atoms. The van der Waals surface area contributed by atoms with Crippen LogP contribution < -0.4 is 20.7 Å². The van der Waals surface area contributed by atoms with Crippen LogP contribution in [-0.4, -0.2) is 90.5 Å². The number of carbonyl (C=O) groups excluding carboxylic acids is 3. The number of amides is 5. The van der Waals surface area contributed by atoms with Crippen LogP contribution in [0.2, 0.25) is 0 Å². The number of likely N-dealkylation sites (N-methyl/N-ethyl adjacent to an activating group) is 1. The number of ether oxygens (including phenoxy) is 2. The second-order valence-corrected chi connectivity index (χ2v) is 14.3. The number of urea groups is 2. The molecule has 0 radical (unpaired) electrons. The van der Waals surface area contributed by atoms with Gasteiger partial charge in [-0.2, -0.15) is 0 Å². The standard InChI is InChI=1S/C40H55N5O6/c1-27-24-45(28(2)26-46)38(47)34-23-32(41-39(48)43-35-19-12-15-30-14-8-9-18-33(30)35)20-21-36(34)51-29(3)13-10-11-22-50-37(27)25-44(4)40(49)42-31-16-6-5-7-17-31/h8-9,12,14-15,18-21,23,27-29,31,37,46H,5-7,10-11,13,16-17,22,24-26H2,1-4H3,(H,42,49)(H2,41,43,48)/t27-,28+,29-,37-/m0/s1. The number of benzene rings is 3. The highest BCUT2D eigenvalue weighted by Gasteiger charge is 2.31. The molecule has 3 aromatic rings. The van der Waals surface area contributed by atoms with Crippen molar-refractivity contribution in [2.45, 2.75) is 96.4 Å². The third kappa shape index (κ3) is 10.4. The molecule has 5 amide bonds. The lowest BCUT2D eigenvalue weighted by molar-refractivity contribution is -0.0123. The van der Waals surface area contributed by atoms with Crippen LogP contribution in [0.15, 0.2) is 60.7 Å². The predicted molar refractivity (Wildman–Crippen MR) is 201 cm³/mol. The van der Waals surface area contributed by atoms with E-state index in [0.717, 1.165) is 55.7 Å². The summed E-state index contributed by atoms with van der Waals surface area (Å²) < 4.78 is 12.8. The van der Waals surface area contributed by atoms with Crippen molar-refractivity contribution in [2.24, 2.45) is 5.92 Å². The molecule has 4 atom stereocenters. The smallest absolute Gasteiger partial charge is 0.323 e. The molecule has 0 bridgehead atoms. The molecule has 3 aromatic carbocycles. The van der Waals surface area contributed by atoms with Crippen molar-refractivity contribution < 1.29 is 29.0 Å². The van der Waals surface area contributed by atoms with Crippen LogP contribution in [0, 0.1) is 5.92 Å². The number of fused-ring (bicyclic) bond motifs is 2. The molecule has 0 aromatic heterocycles. The molecule has 2 aliphatic rings. The van der Waals surface area contributed by atoms with Crippen LogP contribution in [-0.2, 0) is 4.74 Å². The molecule has 11 nitrogen and oxygen atoms in total. The van der Waals surface area contributed by atoms with Crippen molar-refractivity contribution in [1.29, 1.82) is 0 Å². The summed E-state index contributed by atoms with van der Waals surface area (Å²) in [5.41, 5.74) is 1.38. The molecular weight excluding hydrogens is 646 g/mol. The van der Waals surface area contributed by atoms with Crippen molar-refractivity contribution >= 4 is 40.1 Å². The zero-order valence-corrected chi connectivity index (χ0v) is 30.5. The van der Waals surface area contributed by atoms with E-state index in [0.29, 0.717) is 30.3 Å². The quantitative estimate of drug-likeness (QED) is 0.205. The number of rotatable bonds is 7.